The topological polar surface area (TPSA) is 20.3 Å². The van der Waals surface area contributed by atoms with Crippen LogP contribution in [0.5, 0.6) is 0 Å². The van der Waals surface area contributed by atoms with Gasteiger partial charge in [-0.25, -0.2) is 0 Å². The van der Waals surface area contributed by atoms with Gasteiger partial charge in [0.05, 0.1) is 0 Å². The van der Waals surface area contributed by atoms with Crippen LogP contribution in [0.1, 0.15) is 32.1 Å². The van der Waals surface area contributed by atoms with E-state index in [1.807, 2.05) is 0 Å². The highest BCUT2D eigenvalue weighted by molar-refractivity contribution is 5.53. The van der Waals surface area contributed by atoms with Gasteiger partial charge in [0.2, 0.25) is 0 Å². The molecule has 0 aromatic rings. The van der Waals surface area contributed by atoms with Crippen LogP contribution in [-0.2, 0) is 4.79 Å². The molecule has 1 saturated carbocycles. The minimum atomic E-state index is 0.365. The van der Waals surface area contributed by atoms with Crippen LogP contribution < -0.4 is 0 Å². The van der Waals surface area contributed by atoms with Crippen LogP contribution in [0.4, 0.5) is 0 Å². The van der Waals surface area contributed by atoms with Crippen LogP contribution in [0.25, 0.3) is 0 Å². The van der Waals surface area contributed by atoms with E-state index in [0.29, 0.717) is 5.92 Å². The summed E-state index contributed by atoms with van der Waals surface area (Å²) in [6, 6.07) is 0.739. The maximum atomic E-state index is 10.6. The zero-order valence-corrected chi connectivity index (χ0v) is 7.54. The van der Waals surface area contributed by atoms with Crippen molar-refractivity contribution in [1.82, 2.24) is 4.90 Å². The van der Waals surface area contributed by atoms with Crippen molar-refractivity contribution in [2.45, 2.75) is 38.1 Å². The van der Waals surface area contributed by atoms with Gasteiger partial charge >= 0.3 is 0 Å². The van der Waals surface area contributed by atoms with Gasteiger partial charge in [0.25, 0.3) is 0 Å². The van der Waals surface area contributed by atoms with Crippen molar-refractivity contribution in [3.8, 4) is 0 Å². The number of nitrogens with zero attached hydrogens (tertiary/aromatic N) is 1. The lowest BCUT2D eigenvalue weighted by Crippen LogP contribution is -2.47. The predicted molar refractivity (Wildman–Crippen MR) is 48.0 cm³/mol. The average molecular weight is 167 g/mol. The van der Waals surface area contributed by atoms with Crippen LogP contribution in [-0.4, -0.2) is 30.3 Å². The lowest BCUT2D eigenvalue weighted by molar-refractivity contribution is -0.112. The van der Waals surface area contributed by atoms with Crippen molar-refractivity contribution in [1.29, 1.82) is 0 Å². The maximum absolute atomic E-state index is 10.6. The molecule has 0 bridgehead atoms. The number of hydrogen-bond acceptors (Lipinski definition) is 2. The fraction of sp³-hybridized carbons (Fsp3) is 0.900. The van der Waals surface area contributed by atoms with Gasteiger partial charge in [0, 0.05) is 12.0 Å². The fourth-order valence-electron chi connectivity index (χ4n) is 2.36. The van der Waals surface area contributed by atoms with E-state index in [1.54, 1.807) is 0 Å². The van der Waals surface area contributed by atoms with Gasteiger partial charge in [-0.1, -0.05) is 6.42 Å². The van der Waals surface area contributed by atoms with Crippen molar-refractivity contribution in [3.05, 3.63) is 0 Å². The summed E-state index contributed by atoms with van der Waals surface area (Å²) < 4.78 is 0. The quantitative estimate of drug-likeness (QED) is 0.580. The Morgan fingerprint density at radius 2 is 2.00 bits per heavy atom. The molecule has 2 rings (SSSR count). The Balaban J connectivity index is 1.84. The van der Waals surface area contributed by atoms with Gasteiger partial charge in [-0.3, -0.25) is 0 Å². The van der Waals surface area contributed by atoms with Crippen molar-refractivity contribution in [2.75, 3.05) is 13.1 Å². The summed E-state index contributed by atoms with van der Waals surface area (Å²) in [5.74, 6) is 0.365. The first-order valence-corrected chi connectivity index (χ1v) is 5.09. The van der Waals surface area contributed by atoms with Gasteiger partial charge in [-0.2, -0.15) is 0 Å². The Hall–Kier alpha value is -0.370. The minimum Gasteiger partial charge on any atom is -0.303 e. The molecule has 0 spiro atoms. The number of hydrogen-bond donors (Lipinski definition) is 0. The molecule has 0 N–H and O–H groups in total. The molecule has 2 heteroatoms. The zero-order chi connectivity index (χ0) is 8.39. The molecule has 12 heavy (non-hydrogen) atoms. The van der Waals surface area contributed by atoms with E-state index in [2.05, 4.69) is 4.90 Å². The van der Waals surface area contributed by atoms with E-state index in [1.165, 1.54) is 32.4 Å². The number of carbonyl (C=O) groups excluding carboxylic acids is 1. The highest BCUT2D eigenvalue weighted by Crippen LogP contribution is 2.28. The average Bonchev–Trinajstić information content (AvgIpc) is 2.02. The summed E-state index contributed by atoms with van der Waals surface area (Å²) in [6.07, 6.45) is 7.36. The minimum absolute atomic E-state index is 0.365. The van der Waals surface area contributed by atoms with Gasteiger partial charge in [0.15, 0.2) is 0 Å². The highest BCUT2D eigenvalue weighted by atomic mass is 16.1. The van der Waals surface area contributed by atoms with E-state index in [4.69, 9.17) is 0 Å². The first-order chi connectivity index (χ1) is 5.90. The smallest absolute Gasteiger partial charge is 0.123 e. The van der Waals surface area contributed by atoms with Gasteiger partial charge in [-0.05, 0) is 38.8 Å². The van der Waals surface area contributed by atoms with Crippen LogP contribution in [0.3, 0.4) is 0 Å². The molecule has 1 saturated heterocycles. The Bertz CT molecular complexity index is 165. The number of likely N-dealkylation sites (tertiary alicyclic amines) is 1. The first kappa shape index (κ1) is 8.24. The molecule has 68 valence electrons. The summed E-state index contributed by atoms with van der Waals surface area (Å²) in [4.78, 5) is 13.2. The molecule has 2 aliphatic rings. The van der Waals surface area contributed by atoms with Gasteiger partial charge in [-0.15, -0.1) is 0 Å². The van der Waals surface area contributed by atoms with Crippen molar-refractivity contribution >= 4 is 6.29 Å². The highest BCUT2D eigenvalue weighted by Gasteiger charge is 2.29. The molecular weight excluding hydrogens is 150 g/mol. The lowest BCUT2D eigenvalue weighted by Gasteiger charge is -2.41. The second kappa shape index (κ2) is 3.56. The van der Waals surface area contributed by atoms with E-state index < -0.39 is 0 Å². The monoisotopic (exact) mass is 167 g/mol. The molecule has 0 radical (unpaired) electrons. The van der Waals surface area contributed by atoms with Crippen molar-refractivity contribution in [2.24, 2.45) is 5.92 Å². The third kappa shape index (κ3) is 1.53. The summed E-state index contributed by atoms with van der Waals surface area (Å²) in [7, 11) is 0. The van der Waals surface area contributed by atoms with Gasteiger partial charge < -0.3 is 9.69 Å². The molecule has 1 heterocycles. The van der Waals surface area contributed by atoms with E-state index in [9.17, 15) is 4.79 Å². The SMILES string of the molecule is O=C[C@@H]1CCC[C@@H](N2CCC2)C1. The predicted octanol–water partition coefficient (Wildman–Crippen LogP) is 1.45. The Kier molecular flexibility index (Phi) is 2.45. The Labute approximate surface area is 73.9 Å². The molecule has 0 aromatic carbocycles. The number of carbonyl (C=O) groups is 1. The second-order valence-electron chi connectivity index (χ2n) is 4.11. The second-order valence-corrected chi connectivity index (χ2v) is 4.11. The molecule has 2 fully saturated rings. The summed E-state index contributed by atoms with van der Waals surface area (Å²) >= 11 is 0. The van der Waals surface area contributed by atoms with Crippen LogP contribution in [0.15, 0.2) is 0 Å². The molecular formula is C10H17NO. The third-order valence-corrected chi connectivity index (χ3v) is 3.29. The van der Waals surface area contributed by atoms with Crippen molar-refractivity contribution < 1.29 is 4.79 Å². The molecule has 0 amide bonds. The van der Waals surface area contributed by atoms with Crippen molar-refractivity contribution in [3.63, 3.8) is 0 Å². The first-order valence-electron chi connectivity index (χ1n) is 5.09. The van der Waals surface area contributed by atoms with E-state index in [0.717, 1.165) is 25.2 Å². The summed E-state index contributed by atoms with van der Waals surface area (Å²) in [5, 5.41) is 0. The molecule has 2 atom stereocenters. The molecule has 0 unspecified atom stereocenters. The normalized spacial score (nSPS) is 37.3. The molecule has 0 aromatic heterocycles. The Morgan fingerprint density at radius 3 is 2.58 bits per heavy atom. The third-order valence-electron chi connectivity index (χ3n) is 3.29. The lowest BCUT2D eigenvalue weighted by atomic mass is 9.85. The molecule has 2 nitrogen and oxygen atoms in total. The summed E-state index contributed by atoms with van der Waals surface area (Å²) in [6.45, 7) is 2.55. The number of rotatable bonds is 2. The fourth-order valence-corrected chi connectivity index (χ4v) is 2.36. The van der Waals surface area contributed by atoms with E-state index >= 15 is 0 Å². The number of aldehydes is 1. The van der Waals surface area contributed by atoms with Crippen LogP contribution in [0.2, 0.25) is 0 Å². The van der Waals surface area contributed by atoms with Gasteiger partial charge in [0.1, 0.15) is 6.29 Å². The largest absolute Gasteiger partial charge is 0.303 e. The zero-order valence-electron chi connectivity index (χ0n) is 7.54. The standard InChI is InChI=1S/C10H17NO/c12-8-9-3-1-4-10(7-9)11-5-2-6-11/h8-10H,1-7H2/t9-,10-/m1/s1. The summed E-state index contributed by atoms with van der Waals surface area (Å²) in [5.41, 5.74) is 0. The van der Waals surface area contributed by atoms with Crippen LogP contribution in [0, 0.1) is 5.92 Å². The molecule has 1 aliphatic carbocycles. The Morgan fingerprint density at radius 1 is 1.17 bits per heavy atom. The van der Waals surface area contributed by atoms with Crippen LogP contribution >= 0.6 is 0 Å². The molecule has 1 aliphatic heterocycles. The van der Waals surface area contributed by atoms with E-state index in [-0.39, 0.29) is 0 Å². The maximum Gasteiger partial charge on any atom is 0.123 e.